The summed E-state index contributed by atoms with van der Waals surface area (Å²) in [5.74, 6) is 0.357. The van der Waals surface area contributed by atoms with Gasteiger partial charge in [-0.25, -0.2) is 5.43 Å². The van der Waals surface area contributed by atoms with Crippen molar-refractivity contribution in [1.29, 1.82) is 0 Å². The minimum Gasteiger partial charge on any atom is -0.506 e. The smallest absolute Gasteiger partial charge is 0.271 e. The number of amides is 1. The Bertz CT molecular complexity index is 1530. The number of fused-ring (bicyclic) bond motifs is 1. The molecule has 5 rings (SSSR count). The highest BCUT2D eigenvalue weighted by molar-refractivity contribution is 7.10. The van der Waals surface area contributed by atoms with Crippen molar-refractivity contribution >= 4 is 46.7 Å². The first-order valence-electron chi connectivity index (χ1n) is 12.9. The number of rotatable bonds is 8. The van der Waals surface area contributed by atoms with E-state index in [9.17, 15) is 9.90 Å². The van der Waals surface area contributed by atoms with Gasteiger partial charge in [0.05, 0.1) is 17.3 Å². The van der Waals surface area contributed by atoms with Crippen LogP contribution >= 0.6 is 34.5 Å². The molecule has 4 aromatic rings. The summed E-state index contributed by atoms with van der Waals surface area (Å²) in [5, 5.41) is 16.6. The summed E-state index contributed by atoms with van der Waals surface area (Å²) in [6, 6.07) is 18.8. The van der Waals surface area contributed by atoms with Crippen LogP contribution in [0.15, 0.2) is 71.1 Å². The standard InChI is InChI=1S/C31H29Cl2N3O3S/c1-19-15-21(18-34-35-31(38)23-5-8-27(37)26(33)17-23)16-20(2)30(19)39-13-12-36-11-9-28-25(10-14-40-28)29(36)22-3-6-24(32)7-4-22/h3-8,10,14-18,29,37H,9,11-13H2,1-2H3,(H,35,38)/b34-18+. The Morgan fingerprint density at radius 2 is 1.88 bits per heavy atom. The van der Waals surface area contributed by atoms with E-state index in [2.05, 4.69) is 39.0 Å². The van der Waals surface area contributed by atoms with Gasteiger partial charge in [-0.1, -0.05) is 35.3 Å². The molecule has 206 valence electrons. The van der Waals surface area contributed by atoms with Gasteiger partial charge in [0, 0.05) is 28.6 Å². The number of phenolic OH excluding ortho intramolecular Hbond substituents is 1. The summed E-state index contributed by atoms with van der Waals surface area (Å²) < 4.78 is 6.31. The number of hydrogen-bond donors (Lipinski definition) is 2. The molecule has 2 N–H and O–H groups in total. The average Bonchev–Trinajstić information content (AvgIpc) is 3.41. The van der Waals surface area contributed by atoms with E-state index in [0.29, 0.717) is 12.2 Å². The van der Waals surface area contributed by atoms with E-state index in [1.54, 1.807) is 6.21 Å². The molecular formula is C31H29Cl2N3O3S. The third kappa shape index (κ3) is 6.34. The van der Waals surface area contributed by atoms with Gasteiger partial charge in [0.2, 0.25) is 0 Å². The predicted octanol–water partition coefficient (Wildman–Crippen LogP) is 7.17. The molecule has 1 amide bonds. The van der Waals surface area contributed by atoms with Gasteiger partial charge in [0.1, 0.15) is 18.1 Å². The van der Waals surface area contributed by atoms with E-state index >= 15 is 0 Å². The average molecular weight is 595 g/mol. The molecule has 0 radical (unpaired) electrons. The molecule has 9 heteroatoms. The Hall–Kier alpha value is -3.36. The number of carbonyl (C=O) groups excluding carboxylic acids is 1. The molecule has 0 saturated carbocycles. The highest BCUT2D eigenvalue weighted by Gasteiger charge is 2.29. The monoisotopic (exact) mass is 593 g/mol. The van der Waals surface area contributed by atoms with Crippen molar-refractivity contribution < 1.29 is 14.6 Å². The number of phenols is 1. The second kappa shape index (κ2) is 12.4. The maximum absolute atomic E-state index is 12.3. The van der Waals surface area contributed by atoms with E-state index < -0.39 is 5.91 Å². The maximum atomic E-state index is 12.3. The number of hydrogen-bond acceptors (Lipinski definition) is 6. The fourth-order valence-corrected chi connectivity index (χ4v) is 6.28. The van der Waals surface area contributed by atoms with Gasteiger partial charge < -0.3 is 9.84 Å². The SMILES string of the molecule is Cc1cc(/C=N/NC(=O)c2ccc(O)c(Cl)c2)cc(C)c1OCCN1CCc2sccc2C1c1ccc(Cl)cc1. The molecule has 0 fully saturated rings. The minimum atomic E-state index is -0.421. The molecule has 0 spiro atoms. The summed E-state index contributed by atoms with van der Waals surface area (Å²) in [5.41, 5.74) is 8.23. The molecular weight excluding hydrogens is 565 g/mol. The lowest BCUT2D eigenvalue weighted by molar-refractivity contribution is 0.0955. The topological polar surface area (TPSA) is 74.2 Å². The van der Waals surface area contributed by atoms with Gasteiger partial charge >= 0.3 is 0 Å². The zero-order valence-electron chi connectivity index (χ0n) is 22.2. The first-order chi connectivity index (χ1) is 19.3. The van der Waals surface area contributed by atoms with Crippen LogP contribution in [-0.2, 0) is 6.42 Å². The maximum Gasteiger partial charge on any atom is 0.271 e. The van der Waals surface area contributed by atoms with Crippen LogP contribution in [0.25, 0.3) is 0 Å². The fourth-order valence-electron chi connectivity index (χ4n) is 5.07. The van der Waals surface area contributed by atoms with Crippen LogP contribution in [0.2, 0.25) is 10.0 Å². The molecule has 3 aromatic carbocycles. The Kier molecular flexibility index (Phi) is 8.76. The Morgan fingerprint density at radius 1 is 1.12 bits per heavy atom. The van der Waals surface area contributed by atoms with Gasteiger partial charge in [-0.2, -0.15) is 5.10 Å². The highest BCUT2D eigenvalue weighted by atomic mass is 35.5. The second-order valence-corrected chi connectivity index (χ2v) is 11.6. The molecule has 0 aliphatic carbocycles. The number of benzene rings is 3. The number of ether oxygens (including phenoxy) is 1. The normalized spacial score (nSPS) is 15.2. The predicted molar refractivity (Wildman–Crippen MR) is 162 cm³/mol. The van der Waals surface area contributed by atoms with Crippen molar-refractivity contribution in [1.82, 2.24) is 10.3 Å². The van der Waals surface area contributed by atoms with Crippen LogP contribution in [0.3, 0.4) is 0 Å². The van der Waals surface area contributed by atoms with Crippen molar-refractivity contribution in [3.8, 4) is 11.5 Å². The van der Waals surface area contributed by atoms with Gasteiger partial charge in [-0.3, -0.25) is 9.69 Å². The van der Waals surface area contributed by atoms with Crippen LogP contribution in [-0.4, -0.2) is 41.8 Å². The number of nitrogens with one attached hydrogen (secondary N) is 1. The van der Waals surface area contributed by atoms with Crippen molar-refractivity contribution in [3.05, 3.63) is 114 Å². The summed E-state index contributed by atoms with van der Waals surface area (Å²) in [7, 11) is 0. The molecule has 0 saturated heterocycles. The third-order valence-electron chi connectivity index (χ3n) is 6.95. The zero-order valence-corrected chi connectivity index (χ0v) is 24.5. The lowest BCUT2D eigenvalue weighted by Gasteiger charge is -2.36. The fraction of sp³-hybridized carbons (Fsp3) is 0.226. The second-order valence-electron chi connectivity index (χ2n) is 9.74. The minimum absolute atomic E-state index is 0.0797. The first-order valence-corrected chi connectivity index (χ1v) is 14.6. The lowest BCUT2D eigenvalue weighted by Crippen LogP contribution is -2.38. The van der Waals surface area contributed by atoms with Crippen LogP contribution < -0.4 is 10.2 Å². The van der Waals surface area contributed by atoms with Gasteiger partial charge in [0.25, 0.3) is 5.91 Å². The van der Waals surface area contributed by atoms with Gasteiger partial charge in [-0.05, 0) is 102 Å². The van der Waals surface area contributed by atoms with Gasteiger partial charge in [-0.15, -0.1) is 11.3 Å². The number of halogens is 2. The largest absolute Gasteiger partial charge is 0.506 e. The first kappa shape index (κ1) is 28.2. The quantitative estimate of drug-likeness (QED) is 0.168. The molecule has 1 aliphatic rings. The molecule has 0 bridgehead atoms. The Morgan fingerprint density at radius 3 is 2.60 bits per heavy atom. The summed E-state index contributed by atoms with van der Waals surface area (Å²) in [6.45, 7) is 6.33. The Labute approximate surface area is 247 Å². The molecule has 1 atom stereocenters. The van der Waals surface area contributed by atoms with Crippen LogP contribution in [0, 0.1) is 13.8 Å². The number of carbonyl (C=O) groups is 1. The number of aromatic hydroxyl groups is 1. The van der Waals surface area contributed by atoms with Crippen LogP contribution in [0.1, 0.15) is 49.1 Å². The number of thiophene rings is 1. The number of aryl methyl sites for hydroxylation is 2. The number of nitrogens with zero attached hydrogens (tertiary/aromatic N) is 2. The lowest BCUT2D eigenvalue weighted by atomic mass is 9.93. The van der Waals surface area contributed by atoms with Crippen molar-refractivity contribution in [2.24, 2.45) is 5.10 Å². The molecule has 6 nitrogen and oxygen atoms in total. The molecule has 1 unspecified atom stereocenters. The van der Waals surface area contributed by atoms with E-state index in [1.165, 1.54) is 34.2 Å². The molecule has 2 heterocycles. The van der Waals surface area contributed by atoms with E-state index in [0.717, 1.165) is 47.0 Å². The van der Waals surface area contributed by atoms with Crippen molar-refractivity contribution in [2.45, 2.75) is 26.3 Å². The van der Waals surface area contributed by atoms with E-state index in [-0.39, 0.29) is 16.8 Å². The molecule has 1 aliphatic heterocycles. The number of hydrazone groups is 1. The van der Waals surface area contributed by atoms with Crippen LogP contribution in [0.4, 0.5) is 0 Å². The molecule has 1 aromatic heterocycles. The summed E-state index contributed by atoms with van der Waals surface area (Å²) in [4.78, 5) is 16.3. The van der Waals surface area contributed by atoms with Crippen molar-refractivity contribution in [2.75, 3.05) is 19.7 Å². The van der Waals surface area contributed by atoms with E-state index in [4.69, 9.17) is 27.9 Å². The van der Waals surface area contributed by atoms with E-state index in [1.807, 2.05) is 49.4 Å². The summed E-state index contributed by atoms with van der Waals surface area (Å²) in [6.07, 6.45) is 2.63. The molecule has 40 heavy (non-hydrogen) atoms. The van der Waals surface area contributed by atoms with Gasteiger partial charge in [0.15, 0.2) is 0 Å². The Balaban J connectivity index is 1.22. The van der Waals surface area contributed by atoms with Crippen LogP contribution in [0.5, 0.6) is 11.5 Å². The highest BCUT2D eigenvalue weighted by Crippen LogP contribution is 2.38. The summed E-state index contributed by atoms with van der Waals surface area (Å²) >= 11 is 13.9. The third-order valence-corrected chi connectivity index (χ3v) is 8.50. The van der Waals surface area contributed by atoms with Crippen molar-refractivity contribution in [3.63, 3.8) is 0 Å². The zero-order chi connectivity index (χ0) is 28.2.